The molecule has 0 saturated carbocycles. The van der Waals surface area contributed by atoms with Gasteiger partial charge in [-0.3, -0.25) is 0 Å². The Morgan fingerprint density at radius 3 is 2.56 bits per heavy atom. The summed E-state index contributed by atoms with van der Waals surface area (Å²) in [6, 6.07) is 8.45. The zero-order valence-electron chi connectivity index (χ0n) is 9.77. The van der Waals surface area contributed by atoms with Gasteiger partial charge in [0.2, 0.25) is 0 Å². The van der Waals surface area contributed by atoms with Crippen LogP contribution in [0.25, 0.3) is 0 Å². The Labute approximate surface area is 96.1 Å². The molecule has 1 aromatic carbocycles. The highest BCUT2D eigenvalue weighted by molar-refractivity contribution is 5.44. The lowest BCUT2D eigenvalue weighted by molar-refractivity contribution is 0.701. The monoisotopic (exact) mass is 215 g/mol. The number of aryl methyl sites for hydroxylation is 2. The molecule has 3 nitrogen and oxygen atoms in total. The minimum atomic E-state index is 0.917. The molecule has 16 heavy (non-hydrogen) atoms. The van der Waals surface area contributed by atoms with Gasteiger partial charge in [0.1, 0.15) is 5.82 Å². The van der Waals surface area contributed by atoms with E-state index in [-0.39, 0.29) is 0 Å². The summed E-state index contributed by atoms with van der Waals surface area (Å²) in [5, 5.41) is 3.39. The summed E-state index contributed by atoms with van der Waals surface area (Å²) in [7, 11) is 0. The van der Waals surface area contributed by atoms with Crippen molar-refractivity contribution in [3.63, 3.8) is 0 Å². The first-order valence-electron chi connectivity index (χ1n) is 5.54. The first kappa shape index (κ1) is 10.7. The van der Waals surface area contributed by atoms with Crippen molar-refractivity contribution in [3.05, 3.63) is 48.0 Å². The predicted molar refractivity (Wildman–Crippen MR) is 66.6 cm³/mol. The second-order valence-electron chi connectivity index (χ2n) is 3.96. The number of benzene rings is 1. The lowest BCUT2D eigenvalue weighted by Crippen LogP contribution is -2.10. The van der Waals surface area contributed by atoms with Crippen LogP contribution >= 0.6 is 0 Å². The summed E-state index contributed by atoms with van der Waals surface area (Å²) in [6.07, 6.45) is 3.84. The number of aromatic nitrogens is 2. The molecule has 2 aromatic rings. The minimum absolute atomic E-state index is 0.917. The SMILES string of the molecule is Cc1ccc(NCCn2ccnc2C)cc1. The maximum Gasteiger partial charge on any atom is 0.105 e. The van der Waals surface area contributed by atoms with Gasteiger partial charge in [0.05, 0.1) is 0 Å². The van der Waals surface area contributed by atoms with E-state index in [1.54, 1.807) is 0 Å². The quantitative estimate of drug-likeness (QED) is 0.849. The number of hydrogen-bond acceptors (Lipinski definition) is 2. The molecule has 1 heterocycles. The van der Waals surface area contributed by atoms with Crippen molar-refractivity contribution >= 4 is 5.69 Å². The molecule has 3 heteroatoms. The van der Waals surface area contributed by atoms with E-state index < -0.39 is 0 Å². The van der Waals surface area contributed by atoms with Gasteiger partial charge in [-0.2, -0.15) is 0 Å². The molecule has 1 N–H and O–H groups in total. The summed E-state index contributed by atoms with van der Waals surface area (Å²) >= 11 is 0. The summed E-state index contributed by atoms with van der Waals surface area (Å²) in [6.45, 7) is 5.98. The fourth-order valence-corrected chi connectivity index (χ4v) is 1.63. The summed E-state index contributed by atoms with van der Waals surface area (Å²) in [5.41, 5.74) is 2.46. The van der Waals surface area contributed by atoms with Crippen molar-refractivity contribution in [2.75, 3.05) is 11.9 Å². The largest absolute Gasteiger partial charge is 0.383 e. The second-order valence-corrected chi connectivity index (χ2v) is 3.96. The molecule has 0 aliphatic rings. The van der Waals surface area contributed by atoms with E-state index in [0.717, 1.165) is 18.9 Å². The number of rotatable bonds is 4. The zero-order valence-corrected chi connectivity index (χ0v) is 9.77. The van der Waals surface area contributed by atoms with E-state index in [9.17, 15) is 0 Å². The molecule has 1 aromatic heterocycles. The molecule has 0 atom stereocenters. The Morgan fingerprint density at radius 1 is 1.19 bits per heavy atom. The number of nitrogens with one attached hydrogen (secondary N) is 1. The van der Waals surface area contributed by atoms with Crippen LogP contribution in [-0.4, -0.2) is 16.1 Å². The van der Waals surface area contributed by atoms with Crippen LogP contribution in [0.15, 0.2) is 36.7 Å². The molecule has 2 rings (SSSR count). The molecule has 0 spiro atoms. The van der Waals surface area contributed by atoms with Gasteiger partial charge in [0.25, 0.3) is 0 Å². The molecule has 0 bridgehead atoms. The number of nitrogens with zero attached hydrogens (tertiary/aromatic N) is 2. The Balaban J connectivity index is 1.84. The van der Waals surface area contributed by atoms with E-state index >= 15 is 0 Å². The Morgan fingerprint density at radius 2 is 1.94 bits per heavy atom. The smallest absolute Gasteiger partial charge is 0.105 e. The van der Waals surface area contributed by atoms with E-state index in [1.807, 2.05) is 19.3 Å². The van der Waals surface area contributed by atoms with Crippen LogP contribution in [0.5, 0.6) is 0 Å². The third-order valence-corrected chi connectivity index (χ3v) is 2.66. The van der Waals surface area contributed by atoms with Crippen LogP contribution in [0.2, 0.25) is 0 Å². The van der Waals surface area contributed by atoms with Crippen molar-refractivity contribution in [2.45, 2.75) is 20.4 Å². The third kappa shape index (κ3) is 2.63. The predicted octanol–water partition coefficient (Wildman–Crippen LogP) is 2.61. The van der Waals surface area contributed by atoms with Gasteiger partial charge >= 0.3 is 0 Å². The fraction of sp³-hybridized carbons (Fsp3) is 0.308. The highest BCUT2D eigenvalue weighted by atomic mass is 15.1. The molecule has 0 saturated heterocycles. The summed E-state index contributed by atoms with van der Waals surface area (Å²) < 4.78 is 2.14. The van der Waals surface area contributed by atoms with Crippen LogP contribution in [0.1, 0.15) is 11.4 Å². The Bertz CT molecular complexity index is 442. The van der Waals surface area contributed by atoms with Gasteiger partial charge < -0.3 is 9.88 Å². The van der Waals surface area contributed by atoms with Gasteiger partial charge in [0.15, 0.2) is 0 Å². The third-order valence-electron chi connectivity index (χ3n) is 2.66. The van der Waals surface area contributed by atoms with Crippen molar-refractivity contribution in [3.8, 4) is 0 Å². The van der Waals surface area contributed by atoms with Gasteiger partial charge in [-0.1, -0.05) is 17.7 Å². The highest BCUT2D eigenvalue weighted by Gasteiger charge is 1.96. The molecule has 0 fully saturated rings. The van der Waals surface area contributed by atoms with Crippen molar-refractivity contribution in [1.82, 2.24) is 9.55 Å². The standard InChI is InChI=1S/C13H17N3/c1-11-3-5-13(6-4-11)15-8-10-16-9-7-14-12(16)2/h3-7,9,15H,8,10H2,1-2H3. The Hall–Kier alpha value is -1.77. The lowest BCUT2D eigenvalue weighted by Gasteiger charge is -2.08. The van der Waals surface area contributed by atoms with Crippen LogP contribution in [0.3, 0.4) is 0 Å². The van der Waals surface area contributed by atoms with Crippen LogP contribution < -0.4 is 5.32 Å². The molecular weight excluding hydrogens is 198 g/mol. The molecule has 0 radical (unpaired) electrons. The normalized spacial score (nSPS) is 10.4. The average molecular weight is 215 g/mol. The van der Waals surface area contributed by atoms with Crippen LogP contribution in [0, 0.1) is 13.8 Å². The maximum atomic E-state index is 4.19. The fourth-order valence-electron chi connectivity index (χ4n) is 1.63. The van der Waals surface area contributed by atoms with E-state index in [4.69, 9.17) is 0 Å². The van der Waals surface area contributed by atoms with Crippen molar-refractivity contribution in [2.24, 2.45) is 0 Å². The molecule has 0 unspecified atom stereocenters. The van der Waals surface area contributed by atoms with Crippen molar-refractivity contribution < 1.29 is 0 Å². The maximum absolute atomic E-state index is 4.19. The van der Waals surface area contributed by atoms with Gasteiger partial charge in [-0.15, -0.1) is 0 Å². The first-order valence-corrected chi connectivity index (χ1v) is 5.54. The zero-order chi connectivity index (χ0) is 11.4. The van der Waals surface area contributed by atoms with Gasteiger partial charge in [-0.05, 0) is 26.0 Å². The molecule has 0 amide bonds. The van der Waals surface area contributed by atoms with E-state index in [1.165, 1.54) is 11.3 Å². The summed E-state index contributed by atoms with van der Waals surface area (Å²) in [5.74, 6) is 1.06. The lowest BCUT2D eigenvalue weighted by atomic mass is 10.2. The number of hydrogen-bond donors (Lipinski definition) is 1. The van der Waals surface area contributed by atoms with Crippen LogP contribution in [-0.2, 0) is 6.54 Å². The summed E-state index contributed by atoms with van der Waals surface area (Å²) in [4.78, 5) is 4.19. The van der Waals surface area contributed by atoms with Crippen LogP contribution in [0.4, 0.5) is 5.69 Å². The van der Waals surface area contributed by atoms with Crippen molar-refractivity contribution in [1.29, 1.82) is 0 Å². The second kappa shape index (κ2) is 4.84. The first-order chi connectivity index (χ1) is 7.75. The molecule has 0 aliphatic heterocycles. The number of imidazole rings is 1. The number of anilines is 1. The molecule has 0 aliphatic carbocycles. The topological polar surface area (TPSA) is 29.9 Å². The van der Waals surface area contributed by atoms with Gasteiger partial charge in [0, 0.05) is 31.2 Å². The molecule has 84 valence electrons. The highest BCUT2D eigenvalue weighted by Crippen LogP contribution is 2.08. The van der Waals surface area contributed by atoms with E-state index in [0.29, 0.717) is 0 Å². The average Bonchev–Trinajstić information content (AvgIpc) is 2.68. The minimum Gasteiger partial charge on any atom is -0.383 e. The van der Waals surface area contributed by atoms with Gasteiger partial charge in [-0.25, -0.2) is 4.98 Å². The Kier molecular flexibility index (Phi) is 3.25. The molecular formula is C13H17N3. The van der Waals surface area contributed by atoms with E-state index in [2.05, 4.69) is 46.1 Å².